The Morgan fingerprint density at radius 3 is 2.76 bits per heavy atom. The van der Waals surface area contributed by atoms with Crippen molar-refractivity contribution in [3.8, 4) is 0 Å². The molecule has 2 aliphatic heterocycles. The third-order valence-electron chi connectivity index (χ3n) is 3.66. The number of morpholine rings is 1. The Morgan fingerprint density at radius 1 is 1.29 bits per heavy atom. The lowest BCUT2D eigenvalue weighted by molar-refractivity contribution is -0.136. The lowest BCUT2D eigenvalue weighted by Gasteiger charge is -2.34. The third kappa shape index (κ3) is 3.66. The van der Waals surface area contributed by atoms with Gasteiger partial charge in [0, 0.05) is 19.6 Å². The summed E-state index contributed by atoms with van der Waals surface area (Å²) in [6.07, 6.45) is 2.37. The van der Waals surface area contributed by atoms with E-state index < -0.39 is 0 Å². The van der Waals surface area contributed by atoms with Crippen LogP contribution < -0.4 is 5.73 Å². The second kappa shape index (κ2) is 6.33. The molecule has 1 amide bonds. The Kier molecular flexibility index (Phi) is 4.76. The topological polar surface area (TPSA) is 58.8 Å². The summed E-state index contributed by atoms with van der Waals surface area (Å²) in [6, 6.07) is 0. The van der Waals surface area contributed by atoms with Crippen molar-refractivity contribution >= 4 is 5.91 Å². The molecule has 0 aromatic rings. The highest BCUT2D eigenvalue weighted by atomic mass is 16.5. The first kappa shape index (κ1) is 12.8. The largest absolute Gasteiger partial charge is 0.378 e. The lowest BCUT2D eigenvalue weighted by Crippen LogP contribution is -2.48. The average molecular weight is 241 g/mol. The lowest BCUT2D eigenvalue weighted by atomic mass is 9.98. The Morgan fingerprint density at radius 2 is 2.06 bits per heavy atom. The van der Waals surface area contributed by atoms with Crippen LogP contribution in [0.5, 0.6) is 0 Å². The van der Waals surface area contributed by atoms with Gasteiger partial charge in [0.25, 0.3) is 0 Å². The quantitative estimate of drug-likeness (QED) is 0.725. The number of carbonyl (C=O) groups is 1. The normalized spacial score (nSPS) is 27.1. The molecule has 5 nitrogen and oxygen atoms in total. The molecule has 1 atom stereocenters. The van der Waals surface area contributed by atoms with E-state index in [2.05, 4.69) is 4.90 Å². The molecule has 0 radical (unpaired) electrons. The number of likely N-dealkylation sites (tertiary alicyclic amines) is 1. The van der Waals surface area contributed by atoms with Crippen LogP contribution in [0.4, 0.5) is 0 Å². The number of carbonyl (C=O) groups excluding carboxylic acids is 1. The molecule has 0 aromatic carbocycles. The minimum atomic E-state index is 0.242. The molecule has 2 saturated heterocycles. The Bertz CT molecular complexity index is 254. The number of nitrogens with two attached hydrogens (primary N) is 1. The van der Waals surface area contributed by atoms with Gasteiger partial charge in [0.2, 0.25) is 5.91 Å². The van der Waals surface area contributed by atoms with Gasteiger partial charge in [0.15, 0.2) is 0 Å². The fraction of sp³-hybridized carbons (Fsp3) is 0.917. The van der Waals surface area contributed by atoms with Crippen molar-refractivity contribution in [2.75, 3.05) is 52.5 Å². The molecule has 0 aliphatic carbocycles. The summed E-state index contributed by atoms with van der Waals surface area (Å²) in [5, 5.41) is 0. The van der Waals surface area contributed by atoms with Crippen LogP contribution >= 0.6 is 0 Å². The Hall–Kier alpha value is -0.650. The predicted molar refractivity (Wildman–Crippen MR) is 65.6 cm³/mol. The molecule has 0 spiro atoms. The van der Waals surface area contributed by atoms with Crippen LogP contribution in [-0.2, 0) is 9.53 Å². The number of hydrogen-bond donors (Lipinski definition) is 1. The molecule has 0 aromatic heterocycles. The molecule has 0 bridgehead atoms. The van der Waals surface area contributed by atoms with Crippen LogP contribution in [0.25, 0.3) is 0 Å². The molecular weight excluding hydrogens is 218 g/mol. The van der Waals surface area contributed by atoms with E-state index in [4.69, 9.17) is 10.5 Å². The smallest absolute Gasteiger partial charge is 0.236 e. The Labute approximate surface area is 103 Å². The molecule has 2 fully saturated rings. The second-order valence-corrected chi connectivity index (χ2v) is 4.97. The fourth-order valence-electron chi connectivity index (χ4n) is 2.59. The van der Waals surface area contributed by atoms with Gasteiger partial charge in [-0.25, -0.2) is 0 Å². The summed E-state index contributed by atoms with van der Waals surface area (Å²) < 4.78 is 5.25. The van der Waals surface area contributed by atoms with Crippen molar-refractivity contribution in [3.63, 3.8) is 0 Å². The fourth-order valence-corrected chi connectivity index (χ4v) is 2.59. The number of amides is 1. The zero-order chi connectivity index (χ0) is 12.1. The standard InChI is InChI=1S/C12H23N3O2/c13-8-11-2-1-3-14(9-11)10-12(16)15-4-6-17-7-5-15/h11H,1-10,13H2/t11-/m0/s1. The van der Waals surface area contributed by atoms with Gasteiger partial charge in [-0.2, -0.15) is 0 Å². The van der Waals surface area contributed by atoms with Crippen LogP contribution in [0.2, 0.25) is 0 Å². The maximum Gasteiger partial charge on any atom is 0.236 e. The molecular formula is C12H23N3O2. The van der Waals surface area contributed by atoms with Gasteiger partial charge in [0.1, 0.15) is 0 Å². The molecule has 98 valence electrons. The van der Waals surface area contributed by atoms with Crippen LogP contribution in [0.1, 0.15) is 12.8 Å². The van der Waals surface area contributed by atoms with Gasteiger partial charge in [-0.15, -0.1) is 0 Å². The number of piperidine rings is 1. The highest BCUT2D eigenvalue weighted by molar-refractivity contribution is 5.78. The Balaban J connectivity index is 1.77. The van der Waals surface area contributed by atoms with Gasteiger partial charge < -0.3 is 15.4 Å². The molecule has 2 aliphatic rings. The van der Waals surface area contributed by atoms with Crippen molar-refractivity contribution in [1.82, 2.24) is 9.80 Å². The van der Waals surface area contributed by atoms with Gasteiger partial charge in [0.05, 0.1) is 19.8 Å². The van der Waals surface area contributed by atoms with Gasteiger partial charge in [-0.1, -0.05) is 0 Å². The van der Waals surface area contributed by atoms with Crippen molar-refractivity contribution in [1.29, 1.82) is 0 Å². The van der Waals surface area contributed by atoms with E-state index in [0.717, 1.165) is 39.1 Å². The monoisotopic (exact) mass is 241 g/mol. The second-order valence-electron chi connectivity index (χ2n) is 4.97. The van der Waals surface area contributed by atoms with E-state index in [1.165, 1.54) is 6.42 Å². The minimum Gasteiger partial charge on any atom is -0.378 e. The first-order valence-corrected chi connectivity index (χ1v) is 6.57. The third-order valence-corrected chi connectivity index (χ3v) is 3.66. The highest BCUT2D eigenvalue weighted by Gasteiger charge is 2.23. The summed E-state index contributed by atoms with van der Waals surface area (Å²) >= 11 is 0. The molecule has 17 heavy (non-hydrogen) atoms. The van der Waals surface area contributed by atoms with Crippen molar-refractivity contribution < 1.29 is 9.53 Å². The molecule has 5 heteroatoms. The van der Waals surface area contributed by atoms with E-state index >= 15 is 0 Å². The predicted octanol–water partition coefficient (Wildman–Crippen LogP) is -0.484. The summed E-state index contributed by atoms with van der Waals surface area (Å²) in [7, 11) is 0. The van der Waals surface area contributed by atoms with Crippen LogP contribution in [0.3, 0.4) is 0 Å². The zero-order valence-corrected chi connectivity index (χ0v) is 10.4. The van der Waals surface area contributed by atoms with Crippen molar-refractivity contribution in [2.45, 2.75) is 12.8 Å². The van der Waals surface area contributed by atoms with E-state index in [0.29, 0.717) is 25.7 Å². The maximum atomic E-state index is 12.1. The van der Waals surface area contributed by atoms with Crippen molar-refractivity contribution in [3.05, 3.63) is 0 Å². The summed E-state index contributed by atoms with van der Waals surface area (Å²) in [4.78, 5) is 16.2. The van der Waals surface area contributed by atoms with Crippen LogP contribution in [-0.4, -0.2) is 68.2 Å². The van der Waals surface area contributed by atoms with E-state index in [1.54, 1.807) is 0 Å². The van der Waals surface area contributed by atoms with Crippen LogP contribution in [0.15, 0.2) is 0 Å². The molecule has 2 heterocycles. The number of rotatable bonds is 3. The maximum absolute atomic E-state index is 12.1. The van der Waals surface area contributed by atoms with Crippen LogP contribution in [0, 0.1) is 5.92 Å². The molecule has 0 saturated carbocycles. The van der Waals surface area contributed by atoms with Crippen molar-refractivity contribution in [2.24, 2.45) is 11.7 Å². The number of ether oxygens (including phenoxy) is 1. The first-order valence-electron chi connectivity index (χ1n) is 6.57. The zero-order valence-electron chi connectivity index (χ0n) is 10.4. The summed E-state index contributed by atoms with van der Waals surface area (Å²) in [6.45, 7) is 6.15. The molecule has 0 unspecified atom stereocenters. The molecule has 2 N–H and O–H groups in total. The summed E-state index contributed by atoms with van der Waals surface area (Å²) in [5.74, 6) is 0.812. The molecule has 2 rings (SSSR count). The number of nitrogens with zero attached hydrogens (tertiary/aromatic N) is 2. The average Bonchev–Trinajstić information content (AvgIpc) is 2.40. The van der Waals surface area contributed by atoms with E-state index in [1.807, 2.05) is 4.90 Å². The first-order chi connectivity index (χ1) is 8.29. The van der Waals surface area contributed by atoms with E-state index in [-0.39, 0.29) is 5.91 Å². The number of hydrogen-bond acceptors (Lipinski definition) is 4. The minimum absolute atomic E-state index is 0.242. The van der Waals surface area contributed by atoms with Gasteiger partial charge in [-0.05, 0) is 31.8 Å². The van der Waals surface area contributed by atoms with Gasteiger partial charge >= 0.3 is 0 Å². The van der Waals surface area contributed by atoms with E-state index in [9.17, 15) is 4.79 Å². The van der Waals surface area contributed by atoms with Gasteiger partial charge in [-0.3, -0.25) is 9.69 Å². The highest BCUT2D eigenvalue weighted by Crippen LogP contribution is 2.15. The summed E-state index contributed by atoms with van der Waals surface area (Å²) in [5.41, 5.74) is 5.70. The SMILES string of the molecule is NC[C@@H]1CCCN(CC(=O)N2CCOCC2)C1.